The van der Waals surface area contributed by atoms with Crippen LogP contribution >= 0.6 is 0 Å². The second kappa shape index (κ2) is 15.8. The van der Waals surface area contributed by atoms with Crippen molar-refractivity contribution in [1.82, 2.24) is 0 Å². The van der Waals surface area contributed by atoms with Gasteiger partial charge in [-0.2, -0.15) is 0 Å². The molecule has 1 fully saturated rings. The number of unbranched alkanes of at least 4 members (excludes halogenated alkanes) is 10. The van der Waals surface area contributed by atoms with Gasteiger partial charge in [0.2, 0.25) is 0 Å². The lowest BCUT2D eigenvalue weighted by Gasteiger charge is -2.29. The Hall–Kier alpha value is -0.980. The van der Waals surface area contributed by atoms with Gasteiger partial charge in [0.1, 0.15) is 5.75 Å². The summed E-state index contributed by atoms with van der Waals surface area (Å²) >= 11 is 0. The number of hydrogen-bond acceptors (Lipinski definition) is 1. The Morgan fingerprint density at radius 2 is 1.21 bits per heavy atom. The zero-order chi connectivity index (χ0) is 20.6. The highest BCUT2D eigenvalue weighted by atomic mass is 16.5. The van der Waals surface area contributed by atoms with Crippen molar-refractivity contribution in [3.63, 3.8) is 0 Å². The Labute approximate surface area is 182 Å². The van der Waals surface area contributed by atoms with Gasteiger partial charge in [0.15, 0.2) is 0 Å². The van der Waals surface area contributed by atoms with Crippen LogP contribution < -0.4 is 4.74 Å². The molecular formula is C28H48O. The van der Waals surface area contributed by atoms with Crippen LogP contribution in [0.2, 0.25) is 0 Å². The Balaban J connectivity index is 1.55. The molecule has 0 aromatic heterocycles. The summed E-state index contributed by atoms with van der Waals surface area (Å²) in [4.78, 5) is 0. The van der Waals surface area contributed by atoms with E-state index in [1.54, 1.807) is 0 Å². The highest BCUT2D eigenvalue weighted by molar-refractivity contribution is 5.29. The molecule has 0 bridgehead atoms. The quantitative estimate of drug-likeness (QED) is 0.251. The minimum absolute atomic E-state index is 0.781. The van der Waals surface area contributed by atoms with Crippen molar-refractivity contribution in [2.45, 2.75) is 129 Å². The van der Waals surface area contributed by atoms with Crippen molar-refractivity contribution in [3.8, 4) is 5.75 Å². The molecule has 0 aliphatic heterocycles. The second-order valence-corrected chi connectivity index (χ2v) is 9.46. The number of rotatable bonds is 16. The zero-order valence-electron chi connectivity index (χ0n) is 19.6. The third-order valence-electron chi connectivity index (χ3n) is 6.93. The van der Waals surface area contributed by atoms with Gasteiger partial charge in [0, 0.05) is 0 Å². The van der Waals surface area contributed by atoms with E-state index in [1.165, 1.54) is 115 Å². The topological polar surface area (TPSA) is 9.23 Å². The molecule has 166 valence electrons. The lowest BCUT2D eigenvalue weighted by atomic mass is 9.77. The molecule has 1 aliphatic rings. The molecule has 0 radical (unpaired) electrons. The lowest BCUT2D eigenvalue weighted by molar-refractivity contribution is 0.299. The molecule has 0 amide bonds. The highest BCUT2D eigenvalue weighted by Gasteiger charge is 2.22. The molecule has 2 rings (SSSR count). The van der Waals surface area contributed by atoms with Crippen molar-refractivity contribution in [2.75, 3.05) is 6.61 Å². The first kappa shape index (κ1) is 24.3. The average molecular weight is 401 g/mol. The normalized spacial score (nSPS) is 19.4. The molecule has 0 spiro atoms. The van der Waals surface area contributed by atoms with Gasteiger partial charge in [-0.15, -0.1) is 0 Å². The van der Waals surface area contributed by atoms with Crippen molar-refractivity contribution < 1.29 is 4.74 Å². The fraction of sp³-hybridized carbons (Fsp3) is 0.786. The van der Waals surface area contributed by atoms with E-state index in [2.05, 4.69) is 38.1 Å². The van der Waals surface area contributed by atoms with Crippen LogP contribution in [-0.2, 0) is 0 Å². The van der Waals surface area contributed by atoms with E-state index in [9.17, 15) is 0 Å². The van der Waals surface area contributed by atoms with Gasteiger partial charge in [-0.05, 0) is 61.6 Å². The van der Waals surface area contributed by atoms with Crippen LogP contribution in [0.4, 0.5) is 0 Å². The van der Waals surface area contributed by atoms with Gasteiger partial charge in [-0.1, -0.05) is 103 Å². The molecule has 1 aromatic carbocycles. The number of ether oxygens (including phenoxy) is 1. The van der Waals surface area contributed by atoms with Crippen LogP contribution in [0.25, 0.3) is 0 Å². The van der Waals surface area contributed by atoms with Gasteiger partial charge in [0.05, 0.1) is 6.61 Å². The Kier molecular flexibility index (Phi) is 13.2. The molecule has 0 atom stereocenters. The smallest absolute Gasteiger partial charge is 0.119 e. The van der Waals surface area contributed by atoms with Crippen LogP contribution in [0.15, 0.2) is 24.3 Å². The third kappa shape index (κ3) is 10.6. The van der Waals surface area contributed by atoms with E-state index in [-0.39, 0.29) is 0 Å². The van der Waals surface area contributed by atoms with Crippen molar-refractivity contribution >= 4 is 0 Å². The minimum atomic E-state index is 0.781. The van der Waals surface area contributed by atoms with E-state index in [4.69, 9.17) is 4.74 Å². The predicted octanol–water partition coefficient (Wildman–Crippen LogP) is 9.45. The summed E-state index contributed by atoms with van der Waals surface area (Å²) in [5, 5.41) is 0. The maximum absolute atomic E-state index is 5.97. The monoisotopic (exact) mass is 400 g/mol. The fourth-order valence-corrected chi connectivity index (χ4v) is 4.91. The van der Waals surface area contributed by atoms with Crippen LogP contribution in [-0.4, -0.2) is 6.61 Å². The number of benzene rings is 1. The van der Waals surface area contributed by atoms with Gasteiger partial charge in [-0.25, -0.2) is 0 Å². The molecule has 29 heavy (non-hydrogen) atoms. The molecule has 1 aromatic rings. The van der Waals surface area contributed by atoms with Crippen LogP contribution in [0.3, 0.4) is 0 Å². The SMILES string of the molecule is CCCCCCCCCOc1ccc(C2CCC(CCCCCCC)CC2)cc1. The average Bonchev–Trinajstić information content (AvgIpc) is 2.76. The first-order valence-electron chi connectivity index (χ1n) is 13.1. The van der Waals surface area contributed by atoms with Crippen LogP contribution in [0.5, 0.6) is 5.75 Å². The van der Waals surface area contributed by atoms with Crippen molar-refractivity contribution in [2.24, 2.45) is 5.92 Å². The highest BCUT2D eigenvalue weighted by Crippen LogP contribution is 2.38. The molecule has 0 unspecified atom stereocenters. The van der Waals surface area contributed by atoms with Gasteiger partial charge >= 0.3 is 0 Å². The summed E-state index contributed by atoms with van der Waals surface area (Å²) in [5.41, 5.74) is 1.54. The van der Waals surface area contributed by atoms with Crippen molar-refractivity contribution in [1.29, 1.82) is 0 Å². The third-order valence-corrected chi connectivity index (χ3v) is 6.93. The molecule has 0 heterocycles. The molecule has 0 saturated heterocycles. The minimum Gasteiger partial charge on any atom is -0.494 e. The predicted molar refractivity (Wildman–Crippen MR) is 128 cm³/mol. The Morgan fingerprint density at radius 3 is 1.83 bits per heavy atom. The van der Waals surface area contributed by atoms with E-state index in [0.29, 0.717) is 0 Å². The maximum Gasteiger partial charge on any atom is 0.119 e. The first-order valence-corrected chi connectivity index (χ1v) is 13.1. The van der Waals surface area contributed by atoms with E-state index in [1.807, 2.05) is 0 Å². The number of hydrogen-bond donors (Lipinski definition) is 0. The first-order chi connectivity index (χ1) is 14.3. The molecule has 0 N–H and O–H groups in total. The summed E-state index contributed by atoms with van der Waals surface area (Å²) in [6, 6.07) is 9.07. The standard InChI is InChI=1S/C28H48O/c1-3-5-7-9-10-12-14-24-29-28-22-20-27(21-23-28)26-18-16-25(17-19-26)15-13-11-8-6-4-2/h20-23,25-26H,3-19,24H2,1-2H3. The van der Waals surface area contributed by atoms with Crippen LogP contribution in [0, 0.1) is 5.92 Å². The summed E-state index contributed by atoms with van der Waals surface area (Å²) in [5.74, 6) is 2.83. The fourth-order valence-electron chi connectivity index (χ4n) is 4.91. The van der Waals surface area contributed by atoms with E-state index >= 15 is 0 Å². The largest absolute Gasteiger partial charge is 0.494 e. The molecule has 1 saturated carbocycles. The maximum atomic E-state index is 5.97. The Bertz CT molecular complexity index is 484. The van der Waals surface area contributed by atoms with E-state index < -0.39 is 0 Å². The zero-order valence-corrected chi connectivity index (χ0v) is 19.6. The van der Waals surface area contributed by atoms with Gasteiger partial charge in [0.25, 0.3) is 0 Å². The summed E-state index contributed by atoms with van der Waals surface area (Å²) in [6.45, 7) is 5.45. The molecule has 1 heteroatoms. The van der Waals surface area contributed by atoms with Crippen LogP contribution in [0.1, 0.15) is 134 Å². The summed E-state index contributed by atoms with van der Waals surface area (Å²) in [7, 11) is 0. The van der Waals surface area contributed by atoms with Crippen molar-refractivity contribution in [3.05, 3.63) is 29.8 Å². The Morgan fingerprint density at radius 1 is 0.655 bits per heavy atom. The molecule has 1 nitrogen and oxygen atoms in total. The summed E-state index contributed by atoms with van der Waals surface area (Å²) < 4.78 is 5.97. The lowest BCUT2D eigenvalue weighted by Crippen LogP contribution is -2.13. The van der Waals surface area contributed by atoms with Gasteiger partial charge < -0.3 is 4.74 Å². The summed E-state index contributed by atoms with van der Waals surface area (Å²) in [6.07, 6.45) is 23.6. The second-order valence-electron chi connectivity index (χ2n) is 9.46. The molecular weight excluding hydrogens is 352 g/mol. The van der Waals surface area contributed by atoms with E-state index in [0.717, 1.165) is 24.2 Å². The van der Waals surface area contributed by atoms with Gasteiger partial charge in [-0.3, -0.25) is 0 Å². The molecule has 1 aliphatic carbocycles.